The molecule has 0 aliphatic heterocycles. The zero-order chi connectivity index (χ0) is 14.5. The van der Waals surface area contributed by atoms with Crippen LogP contribution >= 0.6 is 11.8 Å². The van der Waals surface area contributed by atoms with Crippen LogP contribution in [0, 0.1) is 15.9 Å². The average Bonchev–Trinajstić information content (AvgIpc) is 2.43. The molecule has 1 N–H and O–H groups in total. The molecule has 0 saturated heterocycles. The van der Waals surface area contributed by atoms with Gasteiger partial charge in [0.05, 0.1) is 9.82 Å². The maximum Gasteiger partial charge on any atom is 0.269 e. The summed E-state index contributed by atoms with van der Waals surface area (Å²) in [4.78, 5) is 11.4. The molecule has 0 saturated carbocycles. The molecule has 0 bridgehead atoms. The van der Waals surface area contributed by atoms with Gasteiger partial charge in [0.15, 0.2) is 0 Å². The van der Waals surface area contributed by atoms with Crippen LogP contribution in [0.4, 0.5) is 10.1 Å². The van der Waals surface area contributed by atoms with Gasteiger partial charge in [0.1, 0.15) is 5.82 Å². The molecular formula is C14H13FN2O2S. The summed E-state index contributed by atoms with van der Waals surface area (Å²) in [5.41, 5.74) is 0.884. The SMILES string of the molecule is CNCc1cccc(F)c1Sc1ccc([N+](=O)[O-])cc1. The van der Waals surface area contributed by atoms with E-state index in [1.54, 1.807) is 25.2 Å². The van der Waals surface area contributed by atoms with Crippen molar-refractivity contribution in [3.05, 3.63) is 64.0 Å². The molecule has 2 aromatic carbocycles. The zero-order valence-electron chi connectivity index (χ0n) is 10.8. The monoisotopic (exact) mass is 292 g/mol. The molecule has 4 nitrogen and oxygen atoms in total. The van der Waals surface area contributed by atoms with Gasteiger partial charge in [-0.1, -0.05) is 23.9 Å². The Labute approximate surface area is 120 Å². The normalized spacial score (nSPS) is 10.5. The number of nitro groups is 1. The predicted molar refractivity (Wildman–Crippen MR) is 76.4 cm³/mol. The van der Waals surface area contributed by atoms with E-state index in [0.717, 1.165) is 10.5 Å². The Hall–Kier alpha value is -1.92. The third-order valence-electron chi connectivity index (χ3n) is 2.68. The summed E-state index contributed by atoms with van der Waals surface area (Å²) in [6, 6.07) is 11.0. The lowest BCUT2D eigenvalue weighted by atomic mass is 10.2. The van der Waals surface area contributed by atoms with Gasteiger partial charge in [0.2, 0.25) is 0 Å². The van der Waals surface area contributed by atoms with Gasteiger partial charge in [-0.3, -0.25) is 10.1 Å². The van der Waals surface area contributed by atoms with Crippen molar-refractivity contribution >= 4 is 17.4 Å². The number of benzene rings is 2. The maximum atomic E-state index is 13.9. The number of non-ortho nitro benzene ring substituents is 1. The van der Waals surface area contributed by atoms with Crippen molar-refractivity contribution in [2.24, 2.45) is 0 Å². The predicted octanol–water partition coefficient (Wildman–Crippen LogP) is 3.60. The minimum absolute atomic E-state index is 0.0262. The lowest BCUT2D eigenvalue weighted by Crippen LogP contribution is -2.06. The van der Waals surface area contributed by atoms with E-state index in [1.165, 1.54) is 30.0 Å². The molecule has 0 heterocycles. The fraction of sp³-hybridized carbons (Fsp3) is 0.143. The zero-order valence-corrected chi connectivity index (χ0v) is 11.6. The summed E-state index contributed by atoms with van der Waals surface area (Å²) in [6.07, 6.45) is 0. The maximum absolute atomic E-state index is 13.9. The minimum Gasteiger partial charge on any atom is -0.316 e. The molecule has 0 aliphatic rings. The molecule has 0 fully saturated rings. The number of nitrogens with zero attached hydrogens (tertiary/aromatic N) is 1. The van der Waals surface area contributed by atoms with Gasteiger partial charge in [-0.05, 0) is 30.8 Å². The Morgan fingerprint density at radius 2 is 1.95 bits per heavy atom. The topological polar surface area (TPSA) is 55.2 Å². The summed E-state index contributed by atoms with van der Waals surface area (Å²) in [5, 5.41) is 13.6. The second-order valence-corrected chi connectivity index (χ2v) is 5.20. The molecule has 0 aromatic heterocycles. The van der Waals surface area contributed by atoms with Crippen LogP contribution in [-0.2, 0) is 6.54 Å². The van der Waals surface area contributed by atoms with Gasteiger partial charge in [-0.25, -0.2) is 4.39 Å². The van der Waals surface area contributed by atoms with E-state index in [4.69, 9.17) is 0 Å². The van der Waals surface area contributed by atoms with Crippen LogP contribution in [0.3, 0.4) is 0 Å². The molecular weight excluding hydrogens is 279 g/mol. The van der Waals surface area contributed by atoms with E-state index in [0.29, 0.717) is 11.4 Å². The highest BCUT2D eigenvalue weighted by atomic mass is 32.2. The van der Waals surface area contributed by atoms with Gasteiger partial charge in [-0.15, -0.1) is 0 Å². The summed E-state index contributed by atoms with van der Waals surface area (Å²) >= 11 is 1.26. The lowest BCUT2D eigenvalue weighted by Gasteiger charge is -2.09. The van der Waals surface area contributed by atoms with E-state index >= 15 is 0 Å². The Morgan fingerprint density at radius 3 is 2.55 bits per heavy atom. The standard InChI is InChI=1S/C14H13FN2O2S/c1-16-9-10-3-2-4-13(15)14(10)20-12-7-5-11(6-8-12)17(18)19/h2-8,16H,9H2,1H3. The molecule has 0 radical (unpaired) electrons. The average molecular weight is 292 g/mol. The molecule has 6 heteroatoms. The van der Waals surface area contributed by atoms with Crippen molar-refractivity contribution in [2.75, 3.05) is 7.05 Å². The number of nitrogens with one attached hydrogen (secondary N) is 1. The number of rotatable bonds is 5. The smallest absolute Gasteiger partial charge is 0.269 e. The van der Waals surface area contributed by atoms with E-state index < -0.39 is 4.92 Å². The van der Waals surface area contributed by atoms with Crippen LogP contribution in [0.25, 0.3) is 0 Å². The highest BCUT2D eigenvalue weighted by molar-refractivity contribution is 7.99. The Kier molecular flexibility index (Phi) is 4.70. The van der Waals surface area contributed by atoms with E-state index in [-0.39, 0.29) is 11.5 Å². The third-order valence-corrected chi connectivity index (χ3v) is 3.85. The van der Waals surface area contributed by atoms with Crippen LogP contribution in [0.1, 0.15) is 5.56 Å². The van der Waals surface area contributed by atoms with Gasteiger partial charge < -0.3 is 5.32 Å². The van der Waals surface area contributed by atoms with Crippen LogP contribution in [0.2, 0.25) is 0 Å². The van der Waals surface area contributed by atoms with Crippen molar-refractivity contribution in [1.82, 2.24) is 5.32 Å². The van der Waals surface area contributed by atoms with Crippen molar-refractivity contribution in [2.45, 2.75) is 16.3 Å². The number of nitro benzene ring substituents is 1. The van der Waals surface area contributed by atoms with Crippen LogP contribution < -0.4 is 5.32 Å². The Bertz CT molecular complexity index is 617. The first-order valence-electron chi connectivity index (χ1n) is 5.96. The first kappa shape index (κ1) is 14.5. The minimum atomic E-state index is -0.454. The van der Waals surface area contributed by atoms with Crippen molar-refractivity contribution in [1.29, 1.82) is 0 Å². The molecule has 0 atom stereocenters. The molecule has 104 valence electrons. The van der Waals surface area contributed by atoms with Crippen molar-refractivity contribution in [3.63, 3.8) is 0 Å². The summed E-state index contributed by atoms with van der Waals surface area (Å²) in [5.74, 6) is -0.291. The largest absolute Gasteiger partial charge is 0.316 e. The van der Waals surface area contributed by atoms with Crippen LogP contribution in [0.5, 0.6) is 0 Å². The van der Waals surface area contributed by atoms with E-state index in [2.05, 4.69) is 5.32 Å². The fourth-order valence-corrected chi connectivity index (χ4v) is 2.70. The molecule has 2 aromatic rings. The van der Waals surface area contributed by atoms with Gasteiger partial charge >= 0.3 is 0 Å². The van der Waals surface area contributed by atoms with E-state index in [1.807, 2.05) is 6.07 Å². The second kappa shape index (κ2) is 6.49. The quantitative estimate of drug-likeness (QED) is 0.675. The van der Waals surface area contributed by atoms with Crippen LogP contribution in [-0.4, -0.2) is 12.0 Å². The summed E-state index contributed by atoms with van der Waals surface area (Å²) in [6.45, 7) is 0.563. The Balaban J connectivity index is 2.27. The Morgan fingerprint density at radius 1 is 1.25 bits per heavy atom. The molecule has 20 heavy (non-hydrogen) atoms. The van der Waals surface area contributed by atoms with Gasteiger partial charge in [0, 0.05) is 23.6 Å². The fourth-order valence-electron chi connectivity index (χ4n) is 1.75. The lowest BCUT2D eigenvalue weighted by molar-refractivity contribution is -0.384. The van der Waals surface area contributed by atoms with E-state index in [9.17, 15) is 14.5 Å². The van der Waals surface area contributed by atoms with Crippen LogP contribution in [0.15, 0.2) is 52.3 Å². The number of hydrogen-bond acceptors (Lipinski definition) is 4. The molecule has 0 aliphatic carbocycles. The molecule has 2 rings (SSSR count). The van der Waals surface area contributed by atoms with Gasteiger partial charge in [0.25, 0.3) is 5.69 Å². The molecule has 0 spiro atoms. The second-order valence-electron chi connectivity index (χ2n) is 4.11. The van der Waals surface area contributed by atoms with Crippen molar-refractivity contribution < 1.29 is 9.31 Å². The highest BCUT2D eigenvalue weighted by Crippen LogP contribution is 2.33. The third kappa shape index (κ3) is 3.34. The highest BCUT2D eigenvalue weighted by Gasteiger charge is 2.11. The molecule has 0 amide bonds. The van der Waals surface area contributed by atoms with Crippen molar-refractivity contribution in [3.8, 4) is 0 Å². The number of hydrogen-bond donors (Lipinski definition) is 1. The summed E-state index contributed by atoms with van der Waals surface area (Å²) < 4.78 is 13.9. The van der Waals surface area contributed by atoms with Gasteiger partial charge in [-0.2, -0.15) is 0 Å². The summed E-state index contributed by atoms with van der Waals surface area (Å²) in [7, 11) is 1.80. The first-order valence-corrected chi connectivity index (χ1v) is 6.77. The first-order chi connectivity index (χ1) is 9.61. The molecule has 0 unspecified atom stereocenters. The number of halogens is 1.